The second-order valence-corrected chi connectivity index (χ2v) is 6.28. The van der Waals surface area contributed by atoms with Gasteiger partial charge < -0.3 is 14.6 Å². The van der Waals surface area contributed by atoms with Gasteiger partial charge in [-0.25, -0.2) is 9.97 Å². The highest BCUT2D eigenvalue weighted by Gasteiger charge is 2.19. The lowest BCUT2D eigenvalue weighted by atomic mass is 10.1. The molecule has 7 heteroatoms. The number of carbonyl (C=O) groups excluding carboxylic acids is 1. The third-order valence-corrected chi connectivity index (χ3v) is 4.65. The van der Waals surface area contributed by atoms with Gasteiger partial charge >= 0.3 is 0 Å². The Balaban J connectivity index is 1.25. The van der Waals surface area contributed by atoms with Gasteiger partial charge in [-0.05, 0) is 12.1 Å². The molecule has 2 aromatic heterocycles. The van der Waals surface area contributed by atoms with Gasteiger partial charge in [0.2, 0.25) is 5.95 Å². The van der Waals surface area contributed by atoms with E-state index in [9.17, 15) is 4.79 Å². The van der Waals surface area contributed by atoms with E-state index in [0.29, 0.717) is 12.1 Å². The van der Waals surface area contributed by atoms with E-state index in [4.69, 9.17) is 4.42 Å². The Morgan fingerprint density at radius 1 is 1.08 bits per heavy atom. The molecule has 1 N–H and O–H groups in total. The highest BCUT2D eigenvalue weighted by atomic mass is 16.3. The second kappa shape index (κ2) is 7.53. The molecule has 1 saturated heterocycles. The minimum atomic E-state index is -0.0914. The summed E-state index contributed by atoms with van der Waals surface area (Å²) in [7, 11) is 0. The van der Waals surface area contributed by atoms with Crippen molar-refractivity contribution in [3.63, 3.8) is 0 Å². The molecule has 0 atom stereocenters. The van der Waals surface area contributed by atoms with Crippen LogP contribution in [0.2, 0.25) is 0 Å². The summed E-state index contributed by atoms with van der Waals surface area (Å²) in [5.41, 5.74) is 1.32. The van der Waals surface area contributed by atoms with Crippen LogP contribution in [0.3, 0.4) is 0 Å². The molecule has 0 saturated carbocycles. The first kappa shape index (κ1) is 16.5. The minimum absolute atomic E-state index is 0.0914. The molecule has 0 aliphatic carbocycles. The molecule has 7 nitrogen and oxygen atoms in total. The number of furan rings is 1. The van der Waals surface area contributed by atoms with Crippen molar-refractivity contribution >= 4 is 22.8 Å². The third-order valence-electron chi connectivity index (χ3n) is 4.65. The Bertz CT molecular complexity index is 872. The molecule has 0 bridgehead atoms. The number of fused-ring (bicyclic) bond motifs is 1. The van der Waals surface area contributed by atoms with Crippen LogP contribution in [0.4, 0.5) is 5.95 Å². The molecule has 3 heterocycles. The van der Waals surface area contributed by atoms with Crippen LogP contribution >= 0.6 is 0 Å². The number of anilines is 1. The van der Waals surface area contributed by atoms with E-state index in [1.807, 2.05) is 30.3 Å². The molecule has 0 spiro atoms. The zero-order valence-corrected chi connectivity index (χ0v) is 14.5. The largest absolute Gasteiger partial charge is 0.463 e. The van der Waals surface area contributed by atoms with E-state index in [-0.39, 0.29) is 5.91 Å². The number of hydrogen-bond donors (Lipinski definition) is 1. The Hall–Kier alpha value is -2.93. The van der Waals surface area contributed by atoms with Crippen molar-refractivity contribution in [2.75, 3.05) is 44.2 Å². The molecule has 1 amide bonds. The molecule has 0 unspecified atom stereocenters. The lowest BCUT2D eigenvalue weighted by molar-refractivity contribution is 0.0948. The first-order valence-electron chi connectivity index (χ1n) is 8.80. The molecule has 1 aromatic carbocycles. The van der Waals surface area contributed by atoms with Crippen molar-refractivity contribution in [1.82, 2.24) is 20.2 Å². The average molecular weight is 351 g/mol. The van der Waals surface area contributed by atoms with Gasteiger partial charge in [0, 0.05) is 57.0 Å². The smallest absolute Gasteiger partial charge is 0.255 e. The number of nitrogens with one attached hydrogen (secondary N) is 1. The van der Waals surface area contributed by atoms with Crippen molar-refractivity contribution in [3.8, 4) is 0 Å². The molecule has 1 aliphatic heterocycles. The molecule has 3 aromatic rings. The van der Waals surface area contributed by atoms with Crippen LogP contribution in [0.5, 0.6) is 0 Å². The topological polar surface area (TPSA) is 74.5 Å². The Kier molecular flexibility index (Phi) is 4.79. The number of nitrogens with zero attached hydrogens (tertiary/aromatic N) is 4. The van der Waals surface area contributed by atoms with Gasteiger partial charge in [0.1, 0.15) is 11.8 Å². The lowest BCUT2D eigenvalue weighted by Gasteiger charge is -2.34. The van der Waals surface area contributed by atoms with E-state index in [1.54, 1.807) is 12.4 Å². The summed E-state index contributed by atoms with van der Waals surface area (Å²) in [6.45, 7) is 5.09. The van der Waals surface area contributed by atoms with E-state index >= 15 is 0 Å². The van der Waals surface area contributed by atoms with E-state index in [2.05, 4.69) is 25.1 Å². The van der Waals surface area contributed by atoms with Crippen LogP contribution in [0.1, 0.15) is 10.4 Å². The Morgan fingerprint density at radius 3 is 2.65 bits per heavy atom. The molecular formula is C19H21N5O2. The highest BCUT2D eigenvalue weighted by Crippen LogP contribution is 2.20. The average Bonchev–Trinajstić information content (AvgIpc) is 3.13. The summed E-state index contributed by atoms with van der Waals surface area (Å²) >= 11 is 0. The first-order valence-corrected chi connectivity index (χ1v) is 8.80. The predicted octanol–water partition coefficient (Wildman–Crippen LogP) is 1.77. The molecular weight excluding hydrogens is 330 g/mol. The normalized spacial score (nSPS) is 15.3. The van der Waals surface area contributed by atoms with E-state index in [0.717, 1.165) is 49.6 Å². The first-order chi connectivity index (χ1) is 12.8. The maximum absolute atomic E-state index is 12.4. The fraction of sp³-hybridized carbons (Fsp3) is 0.316. The van der Waals surface area contributed by atoms with Crippen LogP contribution in [0.15, 0.2) is 53.4 Å². The van der Waals surface area contributed by atoms with Crippen LogP contribution in [0.25, 0.3) is 11.0 Å². The van der Waals surface area contributed by atoms with Gasteiger partial charge in [-0.15, -0.1) is 0 Å². The van der Waals surface area contributed by atoms with Crippen molar-refractivity contribution in [3.05, 3.63) is 54.6 Å². The summed E-state index contributed by atoms with van der Waals surface area (Å²) in [4.78, 5) is 25.5. The molecule has 134 valence electrons. The number of piperazine rings is 1. The number of para-hydroxylation sites is 1. The van der Waals surface area contributed by atoms with Gasteiger partial charge in [0.15, 0.2) is 0 Å². The van der Waals surface area contributed by atoms with E-state index < -0.39 is 0 Å². The van der Waals surface area contributed by atoms with Crippen LogP contribution in [-0.4, -0.2) is 60.0 Å². The van der Waals surface area contributed by atoms with Crippen molar-refractivity contribution in [1.29, 1.82) is 0 Å². The molecule has 0 radical (unpaired) electrons. The summed E-state index contributed by atoms with van der Waals surface area (Å²) in [5, 5.41) is 3.84. The SMILES string of the molecule is O=C(NCCN1CCN(c2ncccn2)CC1)c1coc2ccccc12. The Morgan fingerprint density at radius 2 is 1.85 bits per heavy atom. The lowest BCUT2D eigenvalue weighted by Crippen LogP contribution is -2.49. The maximum atomic E-state index is 12.4. The summed E-state index contributed by atoms with van der Waals surface area (Å²) in [6.07, 6.45) is 5.06. The molecule has 1 fully saturated rings. The van der Waals surface area contributed by atoms with Crippen LogP contribution in [0, 0.1) is 0 Å². The van der Waals surface area contributed by atoms with E-state index in [1.165, 1.54) is 6.26 Å². The second-order valence-electron chi connectivity index (χ2n) is 6.28. The number of amides is 1. The van der Waals surface area contributed by atoms with Crippen molar-refractivity contribution in [2.45, 2.75) is 0 Å². The van der Waals surface area contributed by atoms with Crippen LogP contribution < -0.4 is 10.2 Å². The minimum Gasteiger partial charge on any atom is -0.463 e. The molecule has 1 aliphatic rings. The third kappa shape index (κ3) is 3.52. The van der Waals surface area contributed by atoms with Gasteiger partial charge in [-0.3, -0.25) is 9.69 Å². The summed E-state index contributed by atoms with van der Waals surface area (Å²) in [6, 6.07) is 9.39. The number of aromatic nitrogens is 2. The standard InChI is InChI=1S/C19H21N5O2/c25-18(16-14-26-17-5-2-1-4-15(16)17)20-8-9-23-10-12-24(13-11-23)19-21-6-3-7-22-19/h1-7,14H,8-13H2,(H,20,25). The van der Waals surface area contributed by atoms with Crippen LogP contribution in [-0.2, 0) is 0 Å². The fourth-order valence-electron chi connectivity index (χ4n) is 3.20. The van der Waals surface area contributed by atoms with Gasteiger partial charge in [-0.2, -0.15) is 0 Å². The van der Waals surface area contributed by atoms with Crippen molar-refractivity contribution in [2.24, 2.45) is 0 Å². The molecule has 26 heavy (non-hydrogen) atoms. The number of rotatable bonds is 5. The number of carbonyl (C=O) groups is 1. The Labute approximate surface area is 151 Å². The zero-order valence-electron chi connectivity index (χ0n) is 14.5. The fourth-order valence-corrected chi connectivity index (χ4v) is 3.20. The monoisotopic (exact) mass is 351 g/mol. The quantitative estimate of drug-likeness (QED) is 0.755. The van der Waals surface area contributed by atoms with Gasteiger partial charge in [0.25, 0.3) is 5.91 Å². The summed E-state index contributed by atoms with van der Waals surface area (Å²) in [5.74, 6) is 0.693. The number of benzene rings is 1. The highest BCUT2D eigenvalue weighted by molar-refractivity contribution is 6.05. The van der Waals surface area contributed by atoms with Gasteiger partial charge in [0.05, 0.1) is 5.56 Å². The maximum Gasteiger partial charge on any atom is 0.255 e. The summed E-state index contributed by atoms with van der Waals surface area (Å²) < 4.78 is 5.43. The molecule has 4 rings (SSSR count). The van der Waals surface area contributed by atoms with Gasteiger partial charge in [-0.1, -0.05) is 18.2 Å². The predicted molar refractivity (Wildman–Crippen MR) is 99.2 cm³/mol. The van der Waals surface area contributed by atoms with Crippen molar-refractivity contribution < 1.29 is 9.21 Å². The number of hydrogen-bond acceptors (Lipinski definition) is 6. The zero-order chi connectivity index (χ0) is 17.8.